The Kier molecular flexibility index (Phi) is 4.54. The summed E-state index contributed by atoms with van der Waals surface area (Å²) in [6.45, 7) is 11.3. The van der Waals surface area contributed by atoms with Crippen LogP contribution in [0.3, 0.4) is 0 Å². The minimum absolute atomic E-state index is 0.403. The van der Waals surface area contributed by atoms with E-state index in [0.29, 0.717) is 12.0 Å². The highest BCUT2D eigenvalue weighted by atomic mass is 16.5. The third-order valence-electron chi connectivity index (χ3n) is 4.31. The number of hydrogen-bond acceptors (Lipinski definition) is 1. The van der Waals surface area contributed by atoms with Crippen LogP contribution < -0.4 is 4.74 Å². The van der Waals surface area contributed by atoms with Crippen LogP contribution in [0.4, 0.5) is 0 Å². The van der Waals surface area contributed by atoms with Gasteiger partial charge in [0.1, 0.15) is 5.75 Å². The minimum Gasteiger partial charge on any atom is -0.490 e. The summed E-state index contributed by atoms with van der Waals surface area (Å²) < 4.78 is 6.32. The van der Waals surface area contributed by atoms with Crippen LogP contribution in [-0.4, -0.2) is 6.10 Å². The molecular formula is C18H28O. The van der Waals surface area contributed by atoms with Gasteiger partial charge in [0.05, 0.1) is 6.10 Å². The Morgan fingerprint density at radius 2 is 1.68 bits per heavy atom. The number of aryl methyl sites for hydroxylation is 1. The van der Waals surface area contributed by atoms with Crippen LogP contribution in [0.1, 0.15) is 64.0 Å². The highest BCUT2D eigenvalue weighted by Gasteiger charge is 2.25. The summed E-state index contributed by atoms with van der Waals surface area (Å²) in [4.78, 5) is 0. The molecule has 106 valence electrons. The molecule has 0 bridgehead atoms. The quantitative estimate of drug-likeness (QED) is 0.714. The van der Waals surface area contributed by atoms with Gasteiger partial charge in [-0.3, -0.25) is 0 Å². The second-order valence-corrected chi connectivity index (χ2v) is 6.84. The van der Waals surface area contributed by atoms with Crippen molar-refractivity contribution < 1.29 is 4.74 Å². The summed E-state index contributed by atoms with van der Waals surface area (Å²) in [6.07, 6.45) is 4.16. The van der Waals surface area contributed by atoms with Gasteiger partial charge in [-0.2, -0.15) is 0 Å². The zero-order valence-electron chi connectivity index (χ0n) is 13.1. The Morgan fingerprint density at radius 3 is 2.26 bits per heavy atom. The van der Waals surface area contributed by atoms with E-state index in [1.807, 2.05) is 0 Å². The van der Waals surface area contributed by atoms with Crippen LogP contribution in [0.5, 0.6) is 5.75 Å². The van der Waals surface area contributed by atoms with Gasteiger partial charge in [0.15, 0.2) is 0 Å². The van der Waals surface area contributed by atoms with Crippen LogP contribution in [0, 0.1) is 18.8 Å². The van der Waals surface area contributed by atoms with E-state index in [-0.39, 0.29) is 0 Å². The lowest BCUT2D eigenvalue weighted by atomic mass is 9.82. The van der Waals surface area contributed by atoms with Gasteiger partial charge in [-0.25, -0.2) is 0 Å². The van der Waals surface area contributed by atoms with Crippen LogP contribution in [-0.2, 0) is 0 Å². The second-order valence-electron chi connectivity index (χ2n) is 6.84. The topological polar surface area (TPSA) is 9.23 Å². The Balaban J connectivity index is 2.11. The summed E-state index contributed by atoms with van der Waals surface area (Å²) in [6, 6.07) is 6.66. The Bertz CT molecular complexity index is 412. The molecule has 1 aromatic carbocycles. The van der Waals surface area contributed by atoms with Crippen molar-refractivity contribution in [1.29, 1.82) is 0 Å². The van der Waals surface area contributed by atoms with Gasteiger partial charge in [0.2, 0.25) is 0 Å². The summed E-state index contributed by atoms with van der Waals surface area (Å²) >= 11 is 0. The van der Waals surface area contributed by atoms with Gasteiger partial charge in [-0.1, -0.05) is 39.8 Å². The maximum Gasteiger partial charge on any atom is 0.122 e. The van der Waals surface area contributed by atoms with Crippen molar-refractivity contribution >= 4 is 0 Å². The van der Waals surface area contributed by atoms with E-state index in [0.717, 1.165) is 17.6 Å². The zero-order chi connectivity index (χ0) is 14.0. The van der Waals surface area contributed by atoms with Crippen LogP contribution in [0.25, 0.3) is 0 Å². The predicted octanol–water partition coefficient (Wildman–Crippen LogP) is 5.32. The summed E-state index contributed by atoms with van der Waals surface area (Å²) in [5, 5.41) is 0. The van der Waals surface area contributed by atoms with Crippen LogP contribution in [0.2, 0.25) is 0 Å². The molecule has 19 heavy (non-hydrogen) atoms. The molecule has 0 heterocycles. The fraction of sp³-hybridized carbons (Fsp3) is 0.667. The second kappa shape index (κ2) is 5.98. The summed E-state index contributed by atoms with van der Waals surface area (Å²) in [5.41, 5.74) is 2.63. The van der Waals surface area contributed by atoms with Gasteiger partial charge in [-0.05, 0) is 61.1 Å². The van der Waals surface area contributed by atoms with E-state index < -0.39 is 0 Å². The first-order valence-corrected chi connectivity index (χ1v) is 7.73. The molecule has 0 amide bonds. The first kappa shape index (κ1) is 14.4. The van der Waals surface area contributed by atoms with Gasteiger partial charge in [0.25, 0.3) is 0 Å². The Hall–Kier alpha value is -0.980. The average molecular weight is 260 g/mol. The van der Waals surface area contributed by atoms with Gasteiger partial charge < -0.3 is 4.74 Å². The van der Waals surface area contributed by atoms with E-state index >= 15 is 0 Å². The molecule has 0 aromatic heterocycles. The molecule has 0 saturated heterocycles. The van der Waals surface area contributed by atoms with Gasteiger partial charge in [0, 0.05) is 0 Å². The highest BCUT2D eigenvalue weighted by Crippen LogP contribution is 2.33. The summed E-state index contributed by atoms with van der Waals surface area (Å²) in [5.74, 6) is 3.24. The number of ether oxygens (including phenoxy) is 1. The van der Waals surface area contributed by atoms with Gasteiger partial charge in [-0.15, -0.1) is 0 Å². The minimum atomic E-state index is 0.403. The molecular weight excluding hydrogens is 232 g/mol. The molecule has 0 aliphatic heterocycles. The SMILES string of the molecule is Cc1ccc(C(C)C)cc1OC1CC(C)CC(C)C1. The van der Waals surface area contributed by atoms with E-state index in [2.05, 4.69) is 52.8 Å². The molecule has 2 rings (SSSR count). The Labute approximate surface area is 118 Å². The highest BCUT2D eigenvalue weighted by molar-refractivity contribution is 5.38. The van der Waals surface area contributed by atoms with E-state index in [4.69, 9.17) is 4.74 Å². The molecule has 2 unspecified atom stereocenters. The molecule has 1 saturated carbocycles. The molecule has 0 spiro atoms. The van der Waals surface area contributed by atoms with Crippen LogP contribution in [0.15, 0.2) is 18.2 Å². The largest absolute Gasteiger partial charge is 0.490 e. The molecule has 1 aliphatic carbocycles. The average Bonchev–Trinajstić information content (AvgIpc) is 2.30. The molecule has 0 N–H and O–H groups in total. The molecule has 1 nitrogen and oxygen atoms in total. The molecule has 1 aromatic rings. The fourth-order valence-electron chi connectivity index (χ4n) is 3.25. The Morgan fingerprint density at radius 1 is 1.05 bits per heavy atom. The molecule has 0 radical (unpaired) electrons. The third kappa shape index (κ3) is 3.75. The standard InChI is InChI=1S/C18H28O/c1-12(2)16-7-6-15(5)18(11-16)19-17-9-13(3)8-14(4)10-17/h6-7,11-14,17H,8-10H2,1-5H3. The fourth-order valence-corrected chi connectivity index (χ4v) is 3.25. The van der Waals surface area contributed by atoms with E-state index in [9.17, 15) is 0 Å². The first-order chi connectivity index (χ1) is 8.95. The molecule has 1 heteroatoms. The summed E-state index contributed by atoms with van der Waals surface area (Å²) in [7, 11) is 0. The smallest absolute Gasteiger partial charge is 0.122 e. The molecule has 1 fully saturated rings. The van der Waals surface area contributed by atoms with Crippen molar-refractivity contribution in [3.05, 3.63) is 29.3 Å². The maximum absolute atomic E-state index is 6.32. The van der Waals surface area contributed by atoms with Crippen molar-refractivity contribution in [2.75, 3.05) is 0 Å². The van der Waals surface area contributed by atoms with Crippen molar-refractivity contribution in [2.24, 2.45) is 11.8 Å². The number of rotatable bonds is 3. The lowest BCUT2D eigenvalue weighted by Crippen LogP contribution is -2.28. The lowest BCUT2D eigenvalue weighted by molar-refractivity contribution is 0.100. The molecule has 2 atom stereocenters. The monoisotopic (exact) mass is 260 g/mol. The first-order valence-electron chi connectivity index (χ1n) is 7.73. The van der Waals surface area contributed by atoms with E-state index in [1.54, 1.807) is 0 Å². The maximum atomic E-state index is 6.32. The lowest BCUT2D eigenvalue weighted by Gasteiger charge is -2.32. The number of benzene rings is 1. The normalized spacial score (nSPS) is 27.6. The number of hydrogen-bond donors (Lipinski definition) is 0. The third-order valence-corrected chi connectivity index (χ3v) is 4.31. The van der Waals surface area contributed by atoms with Crippen LogP contribution >= 0.6 is 0 Å². The zero-order valence-corrected chi connectivity index (χ0v) is 13.1. The van der Waals surface area contributed by atoms with Crippen molar-refractivity contribution in [2.45, 2.75) is 65.9 Å². The molecule has 1 aliphatic rings. The van der Waals surface area contributed by atoms with Crippen molar-refractivity contribution in [1.82, 2.24) is 0 Å². The predicted molar refractivity (Wildman–Crippen MR) is 81.9 cm³/mol. The van der Waals surface area contributed by atoms with Gasteiger partial charge >= 0.3 is 0 Å². The van der Waals surface area contributed by atoms with Crippen molar-refractivity contribution in [3.8, 4) is 5.75 Å². The van der Waals surface area contributed by atoms with Crippen molar-refractivity contribution in [3.63, 3.8) is 0 Å². The van der Waals surface area contributed by atoms with E-state index in [1.165, 1.54) is 30.4 Å².